The van der Waals surface area contributed by atoms with Crippen molar-refractivity contribution < 1.29 is 4.79 Å². The van der Waals surface area contributed by atoms with Crippen LogP contribution in [0.2, 0.25) is 0 Å². The Kier molecular flexibility index (Phi) is 2.25. The first-order valence-corrected chi connectivity index (χ1v) is 4.75. The molecule has 0 N–H and O–H groups in total. The highest BCUT2D eigenvalue weighted by molar-refractivity contribution is 8.33. The molecular weight excluding hydrogens is 178 g/mol. The van der Waals surface area contributed by atoms with Crippen LogP contribution in [-0.4, -0.2) is 26.9 Å². The zero-order valence-corrected chi connectivity index (χ0v) is 8.51. The summed E-state index contributed by atoms with van der Waals surface area (Å²) in [5.74, 6) is 0. The Hall–Kier alpha value is -0.0900. The molecule has 1 fully saturated rings. The average Bonchev–Trinajstić information content (AvgIpc) is 2.16. The van der Waals surface area contributed by atoms with Crippen LogP contribution in [0, 0.1) is 0 Å². The minimum Gasteiger partial charge on any atom is -0.347 e. The van der Waals surface area contributed by atoms with Gasteiger partial charge in [0.05, 0.1) is 0 Å². The van der Waals surface area contributed by atoms with Crippen LogP contribution in [0.4, 0.5) is 0 Å². The lowest BCUT2D eigenvalue weighted by molar-refractivity contribution is -0.117. The molecule has 2 nitrogen and oxygen atoms in total. The molecule has 0 aromatic rings. The molecule has 1 heterocycles. The van der Waals surface area contributed by atoms with Gasteiger partial charge in [0.1, 0.15) is 9.86 Å². The maximum Gasteiger partial charge on any atom is 0.221 e. The molecule has 0 saturated carbocycles. The molecular formula is C7H11NOS2. The molecule has 0 amide bonds. The zero-order chi connectivity index (χ0) is 8.65. The molecule has 11 heavy (non-hydrogen) atoms. The summed E-state index contributed by atoms with van der Waals surface area (Å²) in [6.07, 6.45) is 0.815. The summed E-state index contributed by atoms with van der Waals surface area (Å²) >= 11 is 6.18. The number of thiocarbonyl (C=S) groups is 1. The summed E-state index contributed by atoms with van der Waals surface area (Å²) in [5.41, 5.74) is -0.359. The highest BCUT2D eigenvalue weighted by atomic mass is 32.2. The Labute approximate surface area is 76.3 Å². The van der Waals surface area contributed by atoms with E-state index in [9.17, 15) is 4.79 Å². The van der Waals surface area contributed by atoms with Crippen LogP contribution in [0.1, 0.15) is 20.3 Å². The predicted octanol–water partition coefficient (Wildman–Crippen LogP) is 1.65. The number of nitrogens with zero attached hydrogens (tertiary/aromatic N) is 1. The van der Waals surface area contributed by atoms with Crippen LogP contribution in [0.3, 0.4) is 0 Å². The summed E-state index contributed by atoms with van der Waals surface area (Å²) in [7, 11) is 1.88. The molecule has 0 radical (unpaired) electrons. The first kappa shape index (κ1) is 9.00. The number of carbonyl (C=O) groups excluding carboxylic acids is 1. The Morgan fingerprint density at radius 1 is 1.73 bits per heavy atom. The molecule has 0 unspecified atom stereocenters. The predicted molar refractivity (Wildman–Crippen MR) is 51.7 cm³/mol. The third kappa shape index (κ3) is 1.18. The van der Waals surface area contributed by atoms with Gasteiger partial charge in [-0.15, -0.1) is 0 Å². The zero-order valence-electron chi connectivity index (χ0n) is 6.88. The van der Waals surface area contributed by atoms with Crippen molar-refractivity contribution in [2.24, 2.45) is 0 Å². The Balaban J connectivity index is 2.96. The highest BCUT2D eigenvalue weighted by Gasteiger charge is 2.44. The van der Waals surface area contributed by atoms with Crippen molar-refractivity contribution in [3.63, 3.8) is 0 Å². The minimum atomic E-state index is -0.359. The number of rotatable bonds is 1. The molecule has 1 rings (SSSR count). The highest BCUT2D eigenvalue weighted by Crippen LogP contribution is 2.35. The number of likely N-dealkylation sites (N-methyl/N-ethyl adjacent to an activating group) is 1. The fourth-order valence-corrected chi connectivity index (χ4v) is 2.40. The van der Waals surface area contributed by atoms with E-state index in [4.69, 9.17) is 12.2 Å². The molecule has 0 spiro atoms. The molecule has 0 aliphatic carbocycles. The van der Waals surface area contributed by atoms with Crippen molar-refractivity contribution in [3.05, 3.63) is 0 Å². The molecule has 0 aromatic heterocycles. The second-order valence-corrected chi connectivity index (χ2v) is 4.45. The summed E-state index contributed by atoms with van der Waals surface area (Å²) in [6, 6.07) is 0. The van der Waals surface area contributed by atoms with E-state index < -0.39 is 0 Å². The smallest absolute Gasteiger partial charge is 0.221 e. The maximum atomic E-state index is 11.4. The van der Waals surface area contributed by atoms with E-state index in [1.807, 2.05) is 25.8 Å². The SMILES string of the molecule is CC[C@@]1(C)C(=O)SC(=S)N1C. The third-order valence-electron chi connectivity index (χ3n) is 2.32. The van der Waals surface area contributed by atoms with Gasteiger partial charge >= 0.3 is 0 Å². The second kappa shape index (κ2) is 2.75. The first-order valence-electron chi connectivity index (χ1n) is 3.52. The lowest BCUT2D eigenvalue weighted by Gasteiger charge is -2.28. The maximum absolute atomic E-state index is 11.4. The van der Waals surface area contributed by atoms with Gasteiger partial charge in [0, 0.05) is 7.05 Å². The van der Waals surface area contributed by atoms with Gasteiger partial charge in [-0.05, 0) is 25.1 Å². The summed E-state index contributed by atoms with van der Waals surface area (Å²) in [6.45, 7) is 3.94. The fourth-order valence-electron chi connectivity index (χ4n) is 0.978. The second-order valence-electron chi connectivity index (χ2n) is 2.84. The van der Waals surface area contributed by atoms with Gasteiger partial charge in [-0.1, -0.05) is 19.1 Å². The summed E-state index contributed by atoms with van der Waals surface area (Å²) < 4.78 is 0.694. The van der Waals surface area contributed by atoms with E-state index in [1.165, 1.54) is 11.8 Å². The van der Waals surface area contributed by atoms with Crippen molar-refractivity contribution >= 4 is 33.4 Å². The van der Waals surface area contributed by atoms with Gasteiger partial charge in [0.25, 0.3) is 0 Å². The van der Waals surface area contributed by atoms with Crippen molar-refractivity contribution in [3.8, 4) is 0 Å². The van der Waals surface area contributed by atoms with E-state index in [-0.39, 0.29) is 10.7 Å². The van der Waals surface area contributed by atoms with E-state index >= 15 is 0 Å². The standard InChI is InChI=1S/C7H11NOS2/c1-4-7(2)5(9)11-6(10)8(7)3/h4H2,1-3H3/t7-/m0/s1. The summed E-state index contributed by atoms with van der Waals surface area (Å²) in [4.78, 5) is 13.3. The van der Waals surface area contributed by atoms with Gasteiger partial charge in [-0.3, -0.25) is 4.79 Å². The number of carbonyl (C=O) groups is 1. The molecule has 0 bridgehead atoms. The van der Waals surface area contributed by atoms with Gasteiger partial charge in [-0.2, -0.15) is 0 Å². The van der Waals surface area contributed by atoms with Crippen LogP contribution >= 0.6 is 24.0 Å². The molecule has 1 atom stereocenters. The van der Waals surface area contributed by atoms with Crippen molar-refractivity contribution in [2.75, 3.05) is 7.05 Å². The lowest BCUT2D eigenvalue weighted by Crippen LogP contribution is -2.43. The van der Waals surface area contributed by atoms with Crippen molar-refractivity contribution in [1.29, 1.82) is 0 Å². The van der Waals surface area contributed by atoms with Crippen LogP contribution in [0.15, 0.2) is 0 Å². The van der Waals surface area contributed by atoms with Gasteiger partial charge in [0.15, 0.2) is 0 Å². The van der Waals surface area contributed by atoms with Gasteiger partial charge in [-0.25, -0.2) is 0 Å². The third-order valence-corrected chi connectivity index (χ3v) is 3.92. The fraction of sp³-hybridized carbons (Fsp3) is 0.714. The normalized spacial score (nSPS) is 31.7. The largest absolute Gasteiger partial charge is 0.347 e. The van der Waals surface area contributed by atoms with Crippen LogP contribution < -0.4 is 0 Å². The molecule has 1 aliphatic heterocycles. The number of hydrogen-bond acceptors (Lipinski definition) is 3. The Morgan fingerprint density at radius 3 is 2.45 bits per heavy atom. The average molecular weight is 189 g/mol. The number of hydrogen-bond donors (Lipinski definition) is 0. The Bertz CT molecular complexity index is 216. The quantitative estimate of drug-likeness (QED) is 0.584. The van der Waals surface area contributed by atoms with E-state index in [0.717, 1.165) is 6.42 Å². The van der Waals surface area contributed by atoms with Crippen LogP contribution in [0.5, 0.6) is 0 Å². The molecule has 1 aliphatic rings. The van der Waals surface area contributed by atoms with Crippen LogP contribution in [0.25, 0.3) is 0 Å². The van der Waals surface area contributed by atoms with Gasteiger partial charge < -0.3 is 4.90 Å². The molecule has 0 aromatic carbocycles. The van der Waals surface area contributed by atoms with Crippen molar-refractivity contribution in [1.82, 2.24) is 4.90 Å². The molecule has 4 heteroatoms. The lowest BCUT2D eigenvalue weighted by atomic mass is 10.00. The van der Waals surface area contributed by atoms with E-state index in [1.54, 1.807) is 0 Å². The topological polar surface area (TPSA) is 20.3 Å². The summed E-state index contributed by atoms with van der Waals surface area (Å²) in [5, 5.41) is 0.174. The minimum absolute atomic E-state index is 0.174. The van der Waals surface area contributed by atoms with E-state index in [0.29, 0.717) is 4.32 Å². The first-order chi connectivity index (χ1) is 5.02. The monoisotopic (exact) mass is 189 g/mol. The van der Waals surface area contributed by atoms with Crippen molar-refractivity contribution in [2.45, 2.75) is 25.8 Å². The van der Waals surface area contributed by atoms with Gasteiger partial charge in [0.2, 0.25) is 5.12 Å². The molecule has 1 saturated heterocycles. The number of thioether (sulfide) groups is 1. The Morgan fingerprint density at radius 2 is 2.27 bits per heavy atom. The molecule has 62 valence electrons. The van der Waals surface area contributed by atoms with E-state index in [2.05, 4.69) is 0 Å². The van der Waals surface area contributed by atoms with Crippen LogP contribution in [-0.2, 0) is 4.79 Å².